The fourth-order valence-corrected chi connectivity index (χ4v) is 6.75. The first kappa shape index (κ1) is 33.8. The fourth-order valence-electron chi connectivity index (χ4n) is 5.13. The molecule has 1 amide bonds. The normalized spacial score (nSPS) is 15.6. The summed E-state index contributed by atoms with van der Waals surface area (Å²) in [6.45, 7) is 4.57. The van der Waals surface area contributed by atoms with Gasteiger partial charge < -0.3 is 20.5 Å². The minimum atomic E-state index is -3.60. The predicted octanol–water partition coefficient (Wildman–Crippen LogP) is 3.52. The highest BCUT2D eigenvalue weighted by Crippen LogP contribution is 2.28. The monoisotopic (exact) mass is 644 g/mol. The number of aliphatic hydroxyl groups is 1. The maximum atomic E-state index is 14.0. The van der Waals surface area contributed by atoms with Gasteiger partial charge in [-0.15, -0.1) is 0 Å². The van der Waals surface area contributed by atoms with Crippen molar-refractivity contribution in [3.05, 3.63) is 101 Å². The lowest BCUT2D eigenvalue weighted by atomic mass is 9.99. The molecule has 1 fully saturated rings. The summed E-state index contributed by atoms with van der Waals surface area (Å²) in [6, 6.07) is 14.0. The first-order chi connectivity index (χ1) is 21.5. The minimum absolute atomic E-state index is 0.0166. The van der Waals surface area contributed by atoms with Crippen LogP contribution >= 0.6 is 0 Å². The van der Waals surface area contributed by atoms with E-state index in [0.717, 1.165) is 23.8 Å². The molecule has 3 aromatic rings. The highest BCUT2D eigenvalue weighted by Gasteiger charge is 2.28. The van der Waals surface area contributed by atoms with Crippen molar-refractivity contribution < 1.29 is 36.7 Å². The molecule has 0 bridgehead atoms. The van der Waals surface area contributed by atoms with E-state index in [0.29, 0.717) is 30.7 Å². The molecule has 0 saturated carbocycles. The summed E-state index contributed by atoms with van der Waals surface area (Å²) in [5, 5.41) is 17.1. The molecule has 4 N–H and O–H groups in total. The first-order valence-corrected chi connectivity index (χ1v) is 16.0. The number of nitrogens with one attached hydrogen (secondary N) is 3. The number of nitrogens with zero attached hydrogens (tertiary/aromatic N) is 1. The van der Waals surface area contributed by atoms with Crippen molar-refractivity contribution in [2.45, 2.75) is 38.0 Å². The van der Waals surface area contributed by atoms with Gasteiger partial charge in [-0.25, -0.2) is 17.2 Å². The molecule has 45 heavy (non-hydrogen) atoms. The number of rotatable bonds is 14. The van der Waals surface area contributed by atoms with Crippen LogP contribution in [0, 0.1) is 11.6 Å². The number of methoxy groups -OCH3 is 1. The van der Waals surface area contributed by atoms with Crippen molar-refractivity contribution in [3.63, 3.8) is 0 Å². The van der Waals surface area contributed by atoms with E-state index in [1.165, 1.54) is 23.5 Å². The topological polar surface area (TPSA) is 129 Å². The van der Waals surface area contributed by atoms with Gasteiger partial charge in [-0.05, 0) is 72.9 Å². The van der Waals surface area contributed by atoms with Gasteiger partial charge >= 0.3 is 0 Å². The van der Waals surface area contributed by atoms with Crippen LogP contribution in [0.1, 0.15) is 39.9 Å². The Morgan fingerprint density at radius 2 is 1.76 bits per heavy atom. The fraction of sp³-hybridized carbons (Fsp3) is 0.344. The summed E-state index contributed by atoms with van der Waals surface area (Å²) < 4.78 is 60.4. The average Bonchev–Trinajstić information content (AvgIpc) is 3.00. The lowest BCUT2D eigenvalue weighted by Crippen LogP contribution is -2.48. The molecule has 0 radical (unpaired) electrons. The summed E-state index contributed by atoms with van der Waals surface area (Å²) in [6.07, 6.45) is -0.0755. The lowest BCUT2D eigenvalue weighted by Gasteiger charge is -2.29. The second kappa shape index (κ2) is 15.3. The second-order valence-corrected chi connectivity index (χ2v) is 12.8. The van der Waals surface area contributed by atoms with Gasteiger partial charge in [0.05, 0.1) is 43.5 Å². The number of hydrogen-bond donors (Lipinski definition) is 4. The predicted molar refractivity (Wildman–Crippen MR) is 168 cm³/mol. The highest BCUT2D eigenvalue weighted by atomic mass is 32.2. The van der Waals surface area contributed by atoms with Gasteiger partial charge in [0.25, 0.3) is 5.91 Å². The molecule has 13 heteroatoms. The van der Waals surface area contributed by atoms with Crippen molar-refractivity contribution in [1.82, 2.24) is 16.1 Å². The molecule has 0 unspecified atom stereocenters. The van der Waals surface area contributed by atoms with Crippen LogP contribution in [0.4, 0.5) is 14.5 Å². The molecule has 1 saturated heterocycles. The van der Waals surface area contributed by atoms with Crippen molar-refractivity contribution in [2.75, 3.05) is 37.4 Å². The Kier molecular flexibility index (Phi) is 11.5. The SMILES string of the molecule is C=C(NOC)c1cc(C(=O)N[C@@H](Cc2cc(F)cc(F)c2)[C@H](O)CNCc2cccc(OC)c2)cc(N2CCCCS2(=O)=O)c1. The zero-order chi connectivity index (χ0) is 32.6. The smallest absolute Gasteiger partial charge is 0.251 e. The molecular weight excluding hydrogens is 606 g/mol. The third-order valence-electron chi connectivity index (χ3n) is 7.37. The van der Waals surface area contributed by atoms with Gasteiger partial charge in [0.2, 0.25) is 10.0 Å². The number of carbonyl (C=O) groups is 1. The van der Waals surface area contributed by atoms with Crippen LogP contribution in [-0.4, -0.2) is 64.6 Å². The van der Waals surface area contributed by atoms with E-state index in [1.54, 1.807) is 13.2 Å². The molecule has 0 aromatic heterocycles. The van der Waals surface area contributed by atoms with Gasteiger partial charge in [0.1, 0.15) is 17.4 Å². The Balaban J connectivity index is 1.60. The van der Waals surface area contributed by atoms with Crippen molar-refractivity contribution in [1.29, 1.82) is 0 Å². The number of hydroxylamine groups is 1. The third kappa shape index (κ3) is 9.24. The molecule has 1 heterocycles. The molecule has 242 valence electrons. The number of hydrogen-bond acceptors (Lipinski definition) is 8. The Morgan fingerprint density at radius 3 is 2.44 bits per heavy atom. The van der Waals surface area contributed by atoms with Gasteiger partial charge in [0, 0.05) is 36.8 Å². The van der Waals surface area contributed by atoms with Crippen LogP contribution < -0.4 is 25.2 Å². The molecular formula is C32H38F2N4O6S. The van der Waals surface area contributed by atoms with Crippen molar-refractivity contribution in [3.8, 4) is 5.75 Å². The maximum Gasteiger partial charge on any atom is 0.251 e. The Morgan fingerprint density at radius 1 is 1.02 bits per heavy atom. The number of carbonyl (C=O) groups excluding carboxylic acids is 1. The van der Waals surface area contributed by atoms with Crippen molar-refractivity contribution in [2.24, 2.45) is 0 Å². The van der Waals surface area contributed by atoms with Crippen LogP contribution in [-0.2, 0) is 27.8 Å². The minimum Gasteiger partial charge on any atom is -0.497 e. The van der Waals surface area contributed by atoms with Crippen LogP contribution in [0.5, 0.6) is 5.75 Å². The number of ether oxygens (including phenoxy) is 1. The summed E-state index contributed by atoms with van der Waals surface area (Å²) >= 11 is 0. The molecule has 1 aliphatic heterocycles. The second-order valence-electron chi connectivity index (χ2n) is 10.8. The summed E-state index contributed by atoms with van der Waals surface area (Å²) in [5.41, 5.74) is 4.80. The highest BCUT2D eigenvalue weighted by molar-refractivity contribution is 7.92. The Bertz CT molecular complexity index is 1600. The molecule has 0 spiro atoms. The van der Waals surface area contributed by atoms with Crippen LogP contribution in [0.25, 0.3) is 5.70 Å². The summed E-state index contributed by atoms with van der Waals surface area (Å²) in [5.74, 6) is -1.55. The molecule has 1 aliphatic rings. The lowest BCUT2D eigenvalue weighted by molar-refractivity contribution is 0.0829. The standard InChI is InChI=1S/C32H38F2N4O6S/c1-21(37-44-3)24-15-25(17-28(16-24)38-9-4-5-10-45(38,41)42)32(40)36-30(14-23-11-26(33)18-27(34)12-23)31(39)20-35-19-22-7-6-8-29(13-22)43-2/h6-8,11-13,15-18,30-31,35,37,39H,1,4-5,9-10,14,19-20H2,2-3H3,(H,36,40)/t30-,31+/m0/s1. The number of amides is 1. The van der Waals surface area contributed by atoms with Crippen LogP contribution in [0.3, 0.4) is 0 Å². The number of halogens is 2. The zero-order valence-corrected chi connectivity index (χ0v) is 26.0. The van der Waals surface area contributed by atoms with Gasteiger partial charge in [-0.2, -0.15) is 0 Å². The summed E-state index contributed by atoms with van der Waals surface area (Å²) in [4.78, 5) is 18.7. The number of aliphatic hydroxyl groups excluding tert-OH is 1. The summed E-state index contributed by atoms with van der Waals surface area (Å²) in [7, 11) is -0.651. The van der Waals surface area contributed by atoms with E-state index in [2.05, 4.69) is 22.7 Å². The molecule has 0 aliphatic carbocycles. The van der Waals surface area contributed by atoms with E-state index < -0.39 is 39.7 Å². The molecule has 3 aromatic carbocycles. The van der Waals surface area contributed by atoms with E-state index >= 15 is 0 Å². The van der Waals surface area contributed by atoms with Gasteiger partial charge in [-0.3, -0.25) is 19.4 Å². The maximum absolute atomic E-state index is 14.0. The van der Waals surface area contributed by atoms with E-state index in [9.17, 15) is 27.1 Å². The number of anilines is 1. The van der Waals surface area contributed by atoms with E-state index in [1.807, 2.05) is 24.3 Å². The third-order valence-corrected chi connectivity index (χ3v) is 9.24. The van der Waals surface area contributed by atoms with Crippen LogP contribution in [0.2, 0.25) is 0 Å². The Hall–Kier alpha value is -4.04. The Labute approximate surface area is 262 Å². The first-order valence-electron chi connectivity index (χ1n) is 14.4. The zero-order valence-electron chi connectivity index (χ0n) is 25.2. The van der Waals surface area contributed by atoms with Crippen molar-refractivity contribution >= 4 is 27.3 Å². The average molecular weight is 645 g/mol. The quantitative estimate of drug-likeness (QED) is 0.196. The van der Waals surface area contributed by atoms with E-state index in [-0.39, 0.29) is 47.8 Å². The van der Waals surface area contributed by atoms with E-state index in [4.69, 9.17) is 9.57 Å². The largest absolute Gasteiger partial charge is 0.497 e. The van der Waals surface area contributed by atoms with Gasteiger partial charge in [-0.1, -0.05) is 18.7 Å². The molecule has 10 nitrogen and oxygen atoms in total. The molecule has 2 atom stereocenters. The van der Waals surface area contributed by atoms with Gasteiger partial charge in [0.15, 0.2) is 0 Å². The molecule has 4 rings (SSSR count). The number of benzene rings is 3. The number of sulfonamides is 1. The van der Waals surface area contributed by atoms with Crippen LogP contribution in [0.15, 0.2) is 67.2 Å².